The number of rotatable bonds is 3. The van der Waals surface area contributed by atoms with E-state index in [1.54, 1.807) is 35.2 Å². The molecule has 27 heavy (non-hydrogen) atoms. The van der Waals surface area contributed by atoms with Crippen LogP contribution in [0.5, 0.6) is 0 Å². The molecule has 0 aliphatic carbocycles. The number of fused-ring (bicyclic) bond motifs is 1. The van der Waals surface area contributed by atoms with Crippen LogP contribution in [0, 0.1) is 0 Å². The van der Waals surface area contributed by atoms with Crippen molar-refractivity contribution in [2.24, 2.45) is 0 Å². The Kier molecular flexibility index (Phi) is 4.45. The molecule has 1 saturated heterocycles. The first kappa shape index (κ1) is 17.7. The van der Waals surface area contributed by atoms with Crippen LogP contribution in [-0.4, -0.2) is 44.6 Å². The molecular weight excluding hydrogens is 366 g/mol. The number of nitrogens with one attached hydrogen (secondary N) is 1. The number of H-pyrrole nitrogens is 1. The molecule has 1 fully saturated rings. The lowest BCUT2D eigenvalue weighted by atomic mass is 9.94. The summed E-state index contributed by atoms with van der Waals surface area (Å²) in [4.78, 5) is 32.9. The number of aromatic amines is 1. The van der Waals surface area contributed by atoms with E-state index in [1.807, 2.05) is 12.1 Å². The second-order valence-electron chi connectivity index (χ2n) is 6.97. The number of halogens is 1. The van der Waals surface area contributed by atoms with Crippen molar-refractivity contribution in [3.63, 3.8) is 0 Å². The van der Waals surface area contributed by atoms with Gasteiger partial charge in [-0.05, 0) is 42.3 Å². The second kappa shape index (κ2) is 6.79. The molecule has 2 N–H and O–H groups in total. The van der Waals surface area contributed by atoms with Gasteiger partial charge in [0.05, 0.1) is 29.4 Å². The second-order valence-corrected chi connectivity index (χ2v) is 7.40. The molecule has 1 aliphatic heterocycles. The lowest BCUT2D eigenvalue weighted by molar-refractivity contribution is 0.0445. The third-order valence-electron chi connectivity index (χ3n) is 4.95. The minimum atomic E-state index is -0.963. The molecule has 0 saturated carbocycles. The average molecular weight is 384 g/mol. The summed E-state index contributed by atoms with van der Waals surface area (Å²) >= 11 is 5.90. The van der Waals surface area contributed by atoms with E-state index >= 15 is 0 Å². The fourth-order valence-electron chi connectivity index (χ4n) is 3.54. The number of carbonyl (C=O) groups is 1. The maximum absolute atomic E-state index is 12.8. The van der Waals surface area contributed by atoms with Crippen molar-refractivity contribution in [1.29, 1.82) is 0 Å². The molecule has 1 aromatic heterocycles. The Morgan fingerprint density at radius 1 is 1.26 bits per heavy atom. The molecular formula is C20H18ClN3O3. The van der Waals surface area contributed by atoms with Gasteiger partial charge in [0.25, 0.3) is 11.5 Å². The van der Waals surface area contributed by atoms with Crippen molar-refractivity contribution in [2.75, 3.05) is 13.1 Å². The standard InChI is InChI=1S/C20H18ClN3O3/c21-15-4-1-13(2-5-15)10-20(27)7-8-24(11-20)19(26)14-3-6-16-17(9-14)22-12-23-18(16)25/h1-6,9,12,27H,7-8,10-11H2,(H,22,23,25). The molecule has 138 valence electrons. The Bertz CT molecular complexity index is 1060. The van der Waals surface area contributed by atoms with Gasteiger partial charge in [0, 0.05) is 23.6 Å². The molecule has 4 rings (SSSR count). The van der Waals surface area contributed by atoms with Crippen molar-refractivity contribution >= 4 is 28.4 Å². The van der Waals surface area contributed by atoms with E-state index in [-0.39, 0.29) is 18.0 Å². The van der Waals surface area contributed by atoms with Gasteiger partial charge in [-0.3, -0.25) is 9.59 Å². The van der Waals surface area contributed by atoms with Gasteiger partial charge in [0.2, 0.25) is 0 Å². The minimum absolute atomic E-state index is 0.175. The molecule has 2 aromatic carbocycles. The van der Waals surface area contributed by atoms with E-state index in [4.69, 9.17) is 11.6 Å². The van der Waals surface area contributed by atoms with Crippen LogP contribution in [-0.2, 0) is 6.42 Å². The highest BCUT2D eigenvalue weighted by atomic mass is 35.5. The maximum atomic E-state index is 12.8. The topological polar surface area (TPSA) is 86.3 Å². The molecule has 1 unspecified atom stereocenters. The predicted octanol–water partition coefficient (Wildman–Crippen LogP) is 2.40. The van der Waals surface area contributed by atoms with Crippen LogP contribution in [0.15, 0.2) is 53.6 Å². The fraction of sp³-hybridized carbons (Fsp3) is 0.250. The summed E-state index contributed by atoms with van der Waals surface area (Å²) in [7, 11) is 0. The monoisotopic (exact) mass is 383 g/mol. The van der Waals surface area contributed by atoms with Crippen molar-refractivity contribution in [3.05, 3.63) is 75.3 Å². The Balaban J connectivity index is 1.52. The van der Waals surface area contributed by atoms with Crippen LogP contribution in [0.3, 0.4) is 0 Å². The van der Waals surface area contributed by atoms with Crippen molar-refractivity contribution < 1.29 is 9.90 Å². The summed E-state index contributed by atoms with van der Waals surface area (Å²) in [6, 6.07) is 12.2. The van der Waals surface area contributed by atoms with E-state index in [1.165, 1.54) is 6.33 Å². The van der Waals surface area contributed by atoms with Gasteiger partial charge in [-0.25, -0.2) is 4.98 Å². The number of likely N-dealkylation sites (tertiary alicyclic amines) is 1. The number of aliphatic hydroxyl groups is 1. The van der Waals surface area contributed by atoms with E-state index < -0.39 is 5.60 Å². The van der Waals surface area contributed by atoms with Gasteiger partial charge in [0.15, 0.2) is 0 Å². The number of amides is 1. The van der Waals surface area contributed by atoms with Crippen molar-refractivity contribution in [3.8, 4) is 0 Å². The van der Waals surface area contributed by atoms with E-state index in [9.17, 15) is 14.7 Å². The lowest BCUT2D eigenvalue weighted by Crippen LogP contribution is -2.37. The van der Waals surface area contributed by atoms with Crippen LogP contribution in [0.1, 0.15) is 22.3 Å². The lowest BCUT2D eigenvalue weighted by Gasteiger charge is -2.23. The average Bonchev–Trinajstić information content (AvgIpc) is 3.05. The van der Waals surface area contributed by atoms with Crippen molar-refractivity contribution in [2.45, 2.75) is 18.4 Å². The fourth-order valence-corrected chi connectivity index (χ4v) is 3.67. The third kappa shape index (κ3) is 3.59. The van der Waals surface area contributed by atoms with Crippen LogP contribution in [0.25, 0.3) is 10.9 Å². The van der Waals surface area contributed by atoms with Gasteiger partial charge in [-0.15, -0.1) is 0 Å². The first-order valence-electron chi connectivity index (χ1n) is 8.67. The number of β-amino-alcohol motifs (C(OH)–C–C–N with tert-alkyl or cyclic N) is 1. The highest BCUT2D eigenvalue weighted by molar-refractivity contribution is 6.30. The number of hydrogen-bond acceptors (Lipinski definition) is 4. The highest BCUT2D eigenvalue weighted by Crippen LogP contribution is 2.27. The summed E-state index contributed by atoms with van der Waals surface area (Å²) in [5, 5.41) is 12.0. The van der Waals surface area contributed by atoms with Gasteiger partial charge in [0.1, 0.15) is 0 Å². The largest absolute Gasteiger partial charge is 0.388 e. The highest BCUT2D eigenvalue weighted by Gasteiger charge is 2.38. The quantitative estimate of drug-likeness (QED) is 0.727. The minimum Gasteiger partial charge on any atom is -0.388 e. The number of hydrogen-bond donors (Lipinski definition) is 2. The Morgan fingerprint density at radius 2 is 2.04 bits per heavy atom. The first-order chi connectivity index (χ1) is 12.9. The Labute approximate surface area is 160 Å². The molecule has 6 nitrogen and oxygen atoms in total. The number of benzene rings is 2. The Hall–Kier alpha value is -2.70. The van der Waals surface area contributed by atoms with Crippen molar-refractivity contribution in [1.82, 2.24) is 14.9 Å². The summed E-state index contributed by atoms with van der Waals surface area (Å²) in [6.45, 7) is 0.735. The molecule has 1 atom stereocenters. The molecule has 1 amide bonds. The molecule has 0 spiro atoms. The number of nitrogens with zero attached hydrogens (tertiary/aromatic N) is 2. The number of aromatic nitrogens is 2. The molecule has 3 aromatic rings. The third-order valence-corrected chi connectivity index (χ3v) is 5.21. The van der Waals surface area contributed by atoms with E-state index in [0.29, 0.717) is 40.9 Å². The molecule has 2 heterocycles. The molecule has 0 bridgehead atoms. The maximum Gasteiger partial charge on any atom is 0.258 e. The van der Waals surface area contributed by atoms with Crippen LogP contribution in [0.2, 0.25) is 5.02 Å². The Morgan fingerprint density at radius 3 is 2.81 bits per heavy atom. The number of carbonyl (C=O) groups excluding carboxylic acids is 1. The normalized spacial score (nSPS) is 19.6. The SMILES string of the molecule is O=C(c1ccc2c(=O)[nH]cnc2c1)N1CCC(O)(Cc2ccc(Cl)cc2)C1. The zero-order chi connectivity index (χ0) is 19.0. The summed E-state index contributed by atoms with van der Waals surface area (Å²) in [5.41, 5.74) is 0.704. The van der Waals surface area contributed by atoms with Crippen LogP contribution in [0.4, 0.5) is 0 Å². The zero-order valence-electron chi connectivity index (χ0n) is 14.5. The van der Waals surface area contributed by atoms with Gasteiger partial charge >= 0.3 is 0 Å². The molecule has 0 radical (unpaired) electrons. The predicted molar refractivity (Wildman–Crippen MR) is 103 cm³/mol. The van der Waals surface area contributed by atoms with E-state index in [2.05, 4.69) is 9.97 Å². The summed E-state index contributed by atoms with van der Waals surface area (Å²) in [5.74, 6) is -0.175. The smallest absolute Gasteiger partial charge is 0.258 e. The van der Waals surface area contributed by atoms with Crippen LogP contribution >= 0.6 is 11.6 Å². The van der Waals surface area contributed by atoms with Crippen LogP contribution < -0.4 is 5.56 Å². The first-order valence-corrected chi connectivity index (χ1v) is 9.05. The molecule has 7 heteroatoms. The van der Waals surface area contributed by atoms with E-state index in [0.717, 1.165) is 5.56 Å². The zero-order valence-corrected chi connectivity index (χ0v) is 15.2. The van der Waals surface area contributed by atoms with Gasteiger partial charge in [-0.2, -0.15) is 0 Å². The molecule has 1 aliphatic rings. The van der Waals surface area contributed by atoms with Gasteiger partial charge < -0.3 is 15.0 Å². The summed E-state index contributed by atoms with van der Waals surface area (Å²) < 4.78 is 0. The summed E-state index contributed by atoms with van der Waals surface area (Å²) in [6.07, 6.45) is 2.29. The van der Waals surface area contributed by atoms with Gasteiger partial charge in [-0.1, -0.05) is 23.7 Å².